The number of benzene rings is 1. The summed E-state index contributed by atoms with van der Waals surface area (Å²) >= 11 is 0. The molecule has 1 aromatic heterocycles. The smallest absolute Gasteiger partial charge is 0.243 e. The summed E-state index contributed by atoms with van der Waals surface area (Å²) in [4.78, 5) is 34.3. The number of nitrogens with one attached hydrogen (secondary N) is 3. The van der Waals surface area contributed by atoms with Gasteiger partial charge < -0.3 is 31.6 Å². The third kappa shape index (κ3) is 7.77. The number of H-pyrrole nitrogens is 1. The van der Waals surface area contributed by atoms with Crippen LogP contribution in [0.15, 0.2) is 24.3 Å². The van der Waals surface area contributed by atoms with Crippen molar-refractivity contribution in [1.82, 2.24) is 20.6 Å². The van der Waals surface area contributed by atoms with E-state index >= 15 is 0 Å². The van der Waals surface area contributed by atoms with Crippen LogP contribution in [0, 0.1) is 23.7 Å². The summed E-state index contributed by atoms with van der Waals surface area (Å²) < 4.78 is 0. The molecule has 1 saturated carbocycles. The van der Waals surface area contributed by atoms with E-state index in [1.54, 1.807) is 0 Å². The molecular formula is C29H47N5O4. The minimum Gasteiger partial charge on any atom is -0.390 e. The van der Waals surface area contributed by atoms with Crippen LogP contribution in [-0.4, -0.2) is 56.3 Å². The van der Waals surface area contributed by atoms with Crippen molar-refractivity contribution in [3.05, 3.63) is 30.1 Å². The van der Waals surface area contributed by atoms with E-state index in [9.17, 15) is 19.8 Å². The summed E-state index contributed by atoms with van der Waals surface area (Å²) in [6.45, 7) is 7.71. The Morgan fingerprint density at radius 3 is 2.39 bits per heavy atom. The molecule has 6 atom stereocenters. The fourth-order valence-corrected chi connectivity index (χ4v) is 5.59. The molecule has 212 valence electrons. The van der Waals surface area contributed by atoms with Crippen LogP contribution < -0.4 is 16.4 Å². The van der Waals surface area contributed by atoms with Gasteiger partial charge in [0.25, 0.3) is 0 Å². The van der Waals surface area contributed by atoms with Gasteiger partial charge in [0, 0.05) is 6.04 Å². The number of hydrogen-bond donors (Lipinski definition) is 6. The largest absolute Gasteiger partial charge is 0.390 e. The third-order valence-corrected chi connectivity index (χ3v) is 8.17. The SMILES string of the molecule is CCC(C)[C@H](NC(=O)[C@H](C(C)C)[C@@H](O)[C@H](O)[C@@H](N)CC1CCCCC1)C(=O)NCc1nc2ccccc2[nH]1. The molecule has 1 aromatic carbocycles. The molecule has 3 rings (SSSR count). The van der Waals surface area contributed by atoms with E-state index in [1.807, 2.05) is 52.0 Å². The molecule has 0 radical (unpaired) electrons. The molecule has 7 N–H and O–H groups in total. The molecule has 2 amide bonds. The fraction of sp³-hybridized carbons (Fsp3) is 0.690. The van der Waals surface area contributed by atoms with Crippen molar-refractivity contribution in [2.75, 3.05) is 0 Å². The number of hydrogen-bond acceptors (Lipinski definition) is 6. The van der Waals surface area contributed by atoms with Crippen molar-refractivity contribution < 1.29 is 19.8 Å². The second kappa shape index (κ2) is 14.1. The normalized spacial score (nSPS) is 19.5. The second-order valence-corrected chi connectivity index (χ2v) is 11.4. The van der Waals surface area contributed by atoms with E-state index < -0.39 is 36.1 Å². The minimum atomic E-state index is -1.33. The highest BCUT2D eigenvalue weighted by Crippen LogP contribution is 2.29. The molecular weight excluding hydrogens is 482 g/mol. The molecule has 9 nitrogen and oxygen atoms in total. The Hall–Kier alpha value is -2.49. The summed E-state index contributed by atoms with van der Waals surface area (Å²) in [5.41, 5.74) is 8.02. The van der Waals surface area contributed by atoms with Crippen LogP contribution in [0.3, 0.4) is 0 Å². The number of carbonyl (C=O) groups excluding carboxylic acids is 2. The van der Waals surface area contributed by atoms with Gasteiger partial charge in [-0.3, -0.25) is 9.59 Å². The zero-order valence-corrected chi connectivity index (χ0v) is 23.3. The molecule has 2 aromatic rings. The lowest BCUT2D eigenvalue weighted by atomic mass is 9.80. The molecule has 1 heterocycles. The van der Waals surface area contributed by atoms with Gasteiger partial charge in [0.15, 0.2) is 0 Å². The summed E-state index contributed by atoms with van der Waals surface area (Å²) in [6.07, 6.45) is 4.50. The van der Waals surface area contributed by atoms with Crippen molar-refractivity contribution in [1.29, 1.82) is 0 Å². The van der Waals surface area contributed by atoms with Gasteiger partial charge in [-0.2, -0.15) is 0 Å². The molecule has 1 aliphatic carbocycles. The predicted octanol–water partition coefficient (Wildman–Crippen LogP) is 3.00. The van der Waals surface area contributed by atoms with Crippen LogP contribution in [-0.2, 0) is 16.1 Å². The highest BCUT2D eigenvalue weighted by molar-refractivity contribution is 5.89. The molecule has 1 fully saturated rings. The lowest BCUT2D eigenvalue weighted by Crippen LogP contribution is -2.56. The van der Waals surface area contributed by atoms with Crippen molar-refractivity contribution >= 4 is 22.8 Å². The summed E-state index contributed by atoms with van der Waals surface area (Å²) in [6, 6.07) is 6.23. The Bertz CT molecular complexity index is 1000. The van der Waals surface area contributed by atoms with Crippen LogP contribution in [0.4, 0.5) is 0 Å². The van der Waals surface area contributed by atoms with Crippen molar-refractivity contribution in [3.63, 3.8) is 0 Å². The molecule has 1 unspecified atom stereocenters. The van der Waals surface area contributed by atoms with E-state index in [2.05, 4.69) is 20.6 Å². The first-order valence-electron chi connectivity index (χ1n) is 14.3. The average molecular weight is 530 g/mol. The summed E-state index contributed by atoms with van der Waals surface area (Å²) in [7, 11) is 0. The van der Waals surface area contributed by atoms with Crippen molar-refractivity contribution in [2.45, 2.75) is 103 Å². The fourth-order valence-electron chi connectivity index (χ4n) is 5.59. The van der Waals surface area contributed by atoms with Crippen LogP contribution in [0.25, 0.3) is 11.0 Å². The number of imidazole rings is 1. The van der Waals surface area contributed by atoms with Crippen LogP contribution in [0.5, 0.6) is 0 Å². The van der Waals surface area contributed by atoms with Crippen LogP contribution >= 0.6 is 0 Å². The first-order chi connectivity index (χ1) is 18.1. The minimum absolute atomic E-state index is 0.141. The van der Waals surface area contributed by atoms with Gasteiger partial charge in [-0.05, 0) is 36.3 Å². The summed E-state index contributed by atoms with van der Waals surface area (Å²) in [5.74, 6) is -1.02. The van der Waals surface area contributed by atoms with Gasteiger partial charge in [-0.1, -0.05) is 78.4 Å². The number of rotatable bonds is 13. The Balaban J connectivity index is 1.64. The first-order valence-corrected chi connectivity index (χ1v) is 14.3. The van der Waals surface area contributed by atoms with Gasteiger partial charge in [-0.15, -0.1) is 0 Å². The number of nitrogens with zero attached hydrogens (tertiary/aromatic N) is 1. The van der Waals surface area contributed by atoms with Gasteiger partial charge in [0.2, 0.25) is 11.8 Å². The van der Waals surface area contributed by atoms with Gasteiger partial charge in [0.1, 0.15) is 11.9 Å². The lowest BCUT2D eigenvalue weighted by molar-refractivity contribution is -0.139. The Labute approximate surface area is 226 Å². The van der Waals surface area contributed by atoms with Crippen molar-refractivity contribution in [2.24, 2.45) is 29.4 Å². The molecule has 0 saturated heterocycles. The maximum atomic E-state index is 13.4. The van der Waals surface area contributed by atoms with Gasteiger partial charge in [-0.25, -0.2) is 4.98 Å². The van der Waals surface area contributed by atoms with Gasteiger partial charge >= 0.3 is 0 Å². The number of amides is 2. The average Bonchev–Trinajstić information content (AvgIpc) is 3.33. The maximum Gasteiger partial charge on any atom is 0.243 e. The van der Waals surface area contributed by atoms with E-state index in [-0.39, 0.29) is 24.3 Å². The number of aromatic nitrogens is 2. The molecule has 0 spiro atoms. The van der Waals surface area contributed by atoms with E-state index in [0.29, 0.717) is 24.6 Å². The van der Waals surface area contributed by atoms with Gasteiger partial charge in [0.05, 0.1) is 35.7 Å². The molecule has 1 aliphatic rings. The second-order valence-electron chi connectivity index (χ2n) is 11.4. The number of aromatic amines is 1. The first kappa shape index (κ1) is 30.1. The topological polar surface area (TPSA) is 153 Å². The number of aliphatic hydroxyl groups excluding tert-OH is 2. The Morgan fingerprint density at radius 2 is 1.76 bits per heavy atom. The number of para-hydroxylation sites is 2. The molecule has 0 aliphatic heterocycles. The zero-order chi connectivity index (χ0) is 27.8. The molecule has 0 bridgehead atoms. The van der Waals surface area contributed by atoms with Crippen LogP contribution in [0.2, 0.25) is 0 Å². The molecule has 38 heavy (non-hydrogen) atoms. The van der Waals surface area contributed by atoms with E-state index in [1.165, 1.54) is 19.3 Å². The quantitative estimate of drug-likeness (QED) is 0.234. The Kier molecular flexibility index (Phi) is 11.1. The number of nitrogens with two attached hydrogens (primary N) is 1. The zero-order valence-electron chi connectivity index (χ0n) is 23.3. The number of carbonyl (C=O) groups is 2. The monoisotopic (exact) mass is 529 g/mol. The van der Waals surface area contributed by atoms with Crippen LogP contribution in [0.1, 0.15) is 78.5 Å². The number of fused-ring (bicyclic) bond motifs is 1. The molecule has 9 heteroatoms. The van der Waals surface area contributed by atoms with E-state index in [4.69, 9.17) is 5.73 Å². The third-order valence-electron chi connectivity index (χ3n) is 8.17. The highest BCUT2D eigenvalue weighted by Gasteiger charge is 2.39. The number of aliphatic hydroxyl groups is 2. The van der Waals surface area contributed by atoms with Crippen molar-refractivity contribution in [3.8, 4) is 0 Å². The standard InChI is InChI=1S/C29H47N5O4/c1-5-18(4)25(29(38)31-16-23-32-21-13-9-10-14-22(21)33-23)34-28(37)24(17(2)3)27(36)26(35)20(30)15-19-11-7-6-8-12-19/h9-10,13-14,17-20,24-27,35-36H,5-8,11-12,15-16,30H2,1-4H3,(H,31,38)(H,32,33)(H,34,37)/t18?,20-,24+,25-,26+,27+/m0/s1. The van der Waals surface area contributed by atoms with E-state index in [0.717, 1.165) is 23.9 Å². The highest BCUT2D eigenvalue weighted by atomic mass is 16.3. The summed E-state index contributed by atoms with van der Waals surface area (Å²) in [5, 5.41) is 27.8. The lowest BCUT2D eigenvalue weighted by Gasteiger charge is -2.34. The predicted molar refractivity (Wildman–Crippen MR) is 149 cm³/mol. The Morgan fingerprint density at radius 1 is 1.08 bits per heavy atom. The maximum absolute atomic E-state index is 13.4.